The van der Waals surface area contributed by atoms with Gasteiger partial charge in [0.2, 0.25) is 0 Å². The van der Waals surface area contributed by atoms with Crippen molar-refractivity contribution in [2.75, 3.05) is 60.0 Å². The third kappa shape index (κ3) is 4.12. The van der Waals surface area contributed by atoms with Crippen LogP contribution in [0.25, 0.3) is 0 Å². The minimum absolute atomic E-state index is 0.241. The number of ether oxygens (including phenoxy) is 1. The first-order valence-corrected chi connectivity index (χ1v) is 10.1. The number of amidine groups is 2. The second kappa shape index (κ2) is 8.48. The van der Waals surface area contributed by atoms with Crippen LogP contribution in [0.5, 0.6) is 0 Å². The van der Waals surface area contributed by atoms with Crippen LogP contribution in [-0.4, -0.2) is 120 Å². The zero-order chi connectivity index (χ0) is 21.3. The Kier molecular flexibility index (Phi) is 6.21. The van der Waals surface area contributed by atoms with E-state index in [1.54, 1.807) is 18.9 Å². The lowest BCUT2D eigenvalue weighted by Gasteiger charge is -2.33. The van der Waals surface area contributed by atoms with Crippen LogP contribution in [-0.2, 0) is 9.53 Å². The largest absolute Gasteiger partial charge is 0.450 e. The summed E-state index contributed by atoms with van der Waals surface area (Å²) in [5, 5.41) is 0. The number of carbonyl (C=O) groups is 3. The van der Waals surface area contributed by atoms with Crippen molar-refractivity contribution in [3.63, 3.8) is 0 Å². The number of carbonyl (C=O) groups excluding carboxylic acids is 3. The van der Waals surface area contributed by atoms with E-state index < -0.39 is 6.04 Å². The fourth-order valence-electron chi connectivity index (χ4n) is 3.88. The summed E-state index contributed by atoms with van der Waals surface area (Å²) in [5.74, 6) is 1.39. The van der Waals surface area contributed by atoms with Gasteiger partial charge in [0, 0.05) is 40.3 Å². The Labute approximate surface area is 171 Å². The van der Waals surface area contributed by atoms with Crippen LogP contribution >= 0.6 is 0 Å². The summed E-state index contributed by atoms with van der Waals surface area (Å²) in [6.07, 6.45) is -0.276. The van der Waals surface area contributed by atoms with Crippen molar-refractivity contribution in [1.29, 1.82) is 0 Å². The number of fused-ring (bicyclic) bond motifs is 1. The van der Waals surface area contributed by atoms with Gasteiger partial charge in [-0.15, -0.1) is 0 Å². The number of hydrogen-bond acceptors (Lipinski definition) is 6. The van der Waals surface area contributed by atoms with Crippen LogP contribution in [0.15, 0.2) is 4.99 Å². The van der Waals surface area contributed by atoms with Crippen LogP contribution in [0.2, 0.25) is 0 Å². The van der Waals surface area contributed by atoms with E-state index in [4.69, 9.17) is 9.73 Å². The highest BCUT2D eigenvalue weighted by molar-refractivity contribution is 6.23. The van der Waals surface area contributed by atoms with Crippen molar-refractivity contribution >= 4 is 29.7 Å². The van der Waals surface area contributed by atoms with Gasteiger partial charge in [-0.05, 0) is 17.8 Å². The minimum atomic E-state index is -0.555. The van der Waals surface area contributed by atoms with Gasteiger partial charge in [-0.25, -0.2) is 14.2 Å². The van der Waals surface area contributed by atoms with Gasteiger partial charge >= 0.3 is 18.0 Å². The van der Waals surface area contributed by atoms with E-state index in [-0.39, 0.29) is 18.0 Å². The maximum absolute atomic E-state index is 12.8. The molecule has 0 aromatic rings. The number of aliphatic imine (C=N–C) groups is 1. The highest BCUT2D eigenvalue weighted by Gasteiger charge is 2.53. The van der Waals surface area contributed by atoms with E-state index in [1.165, 1.54) is 11.9 Å². The maximum atomic E-state index is 12.8. The third-order valence-electron chi connectivity index (χ3n) is 5.44. The summed E-state index contributed by atoms with van der Waals surface area (Å²) >= 11 is 0. The molecule has 0 radical (unpaired) electrons. The highest BCUT2D eigenvalue weighted by Crippen LogP contribution is 2.20. The van der Waals surface area contributed by atoms with E-state index in [2.05, 4.69) is 18.7 Å². The molecule has 3 rings (SSSR count). The monoisotopic (exact) mass is 407 g/mol. The normalized spacial score (nSPS) is 23.2. The quantitative estimate of drug-likeness (QED) is 0.605. The van der Waals surface area contributed by atoms with E-state index in [9.17, 15) is 14.4 Å². The predicted molar refractivity (Wildman–Crippen MR) is 107 cm³/mol. The summed E-state index contributed by atoms with van der Waals surface area (Å²) in [6.45, 7) is 10.2. The van der Waals surface area contributed by atoms with Gasteiger partial charge in [-0.3, -0.25) is 19.5 Å². The Bertz CT molecular complexity index is 754. The molecule has 0 bridgehead atoms. The molecule has 3 aliphatic heterocycles. The van der Waals surface area contributed by atoms with Crippen LogP contribution in [0.3, 0.4) is 0 Å². The Morgan fingerprint density at radius 3 is 2.41 bits per heavy atom. The molecule has 0 aliphatic carbocycles. The third-order valence-corrected chi connectivity index (χ3v) is 5.44. The molecule has 1 atom stereocenters. The minimum Gasteiger partial charge on any atom is -0.450 e. The van der Waals surface area contributed by atoms with Crippen molar-refractivity contribution in [1.82, 2.24) is 19.6 Å². The molecule has 1 unspecified atom stereocenters. The molecule has 2 saturated heterocycles. The highest BCUT2D eigenvalue weighted by atomic mass is 16.6. The van der Waals surface area contributed by atoms with Crippen molar-refractivity contribution < 1.29 is 23.7 Å². The van der Waals surface area contributed by atoms with Crippen LogP contribution in [0.1, 0.15) is 20.8 Å². The first-order valence-electron chi connectivity index (χ1n) is 10.1. The average Bonchev–Trinajstić information content (AvgIpc) is 3.03. The first kappa shape index (κ1) is 21.2. The Hall–Kier alpha value is -2.49. The van der Waals surface area contributed by atoms with Crippen LogP contribution in [0.4, 0.5) is 9.59 Å². The lowest BCUT2D eigenvalue weighted by Crippen LogP contribution is -2.61. The maximum Gasteiger partial charge on any atom is 0.409 e. The number of imide groups is 1. The molecule has 10 heteroatoms. The molecule has 0 aromatic heterocycles. The summed E-state index contributed by atoms with van der Waals surface area (Å²) < 4.78 is 7.10. The number of urea groups is 1. The van der Waals surface area contributed by atoms with Crippen molar-refractivity contribution in [2.24, 2.45) is 10.9 Å². The smallest absolute Gasteiger partial charge is 0.409 e. The molecule has 0 saturated carbocycles. The van der Waals surface area contributed by atoms with E-state index >= 15 is 0 Å². The van der Waals surface area contributed by atoms with Crippen molar-refractivity contribution in [3.8, 4) is 0 Å². The van der Waals surface area contributed by atoms with Gasteiger partial charge in [-0.1, -0.05) is 13.8 Å². The lowest BCUT2D eigenvalue weighted by molar-refractivity contribution is -0.542. The SMILES string of the molecule is CCOC(=O)N1CCN(CC2=[N+](CC(C)C)C3C(=O)N(C)C(=O)N(C)C3=N2)CC1. The van der Waals surface area contributed by atoms with Gasteiger partial charge in [0.25, 0.3) is 17.8 Å². The molecule has 29 heavy (non-hydrogen) atoms. The second-order valence-electron chi connectivity index (χ2n) is 8.04. The second-order valence-corrected chi connectivity index (χ2v) is 8.04. The summed E-state index contributed by atoms with van der Waals surface area (Å²) in [4.78, 5) is 48.3. The Balaban J connectivity index is 1.77. The number of likely N-dealkylation sites (N-methyl/N-ethyl adjacent to an activating group) is 2. The van der Waals surface area contributed by atoms with Gasteiger partial charge in [0.1, 0.15) is 6.54 Å². The molecule has 10 nitrogen and oxygen atoms in total. The zero-order valence-electron chi connectivity index (χ0n) is 17.9. The Morgan fingerprint density at radius 1 is 1.17 bits per heavy atom. The molecular weight excluding hydrogens is 376 g/mol. The van der Waals surface area contributed by atoms with E-state index in [0.29, 0.717) is 57.6 Å². The predicted octanol–water partition coefficient (Wildman–Crippen LogP) is 0.132. The van der Waals surface area contributed by atoms with Crippen LogP contribution < -0.4 is 0 Å². The molecule has 3 heterocycles. The molecule has 160 valence electrons. The number of amides is 4. The number of rotatable bonds is 5. The molecular formula is C19H31N6O4+. The molecule has 4 amide bonds. The summed E-state index contributed by atoms with van der Waals surface area (Å²) in [7, 11) is 3.17. The number of piperazine rings is 1. The fourth-order valence-corrected chi connectivity index (χ4v) is 3.88. The van der Waals surface area contributed by atoms with Gasteiger partial charge in [-0.2, -0.15) is 0 Å². The van der Waals surface area contributed by atoms with E-state index in [1.807, 2.05) is 4.58 Å². The lowest BCUT2D eigenvalue weighted by atomic mass is 10.1. The average molecular weight is 407 g/mol. The van der Waals surface area contributed by atoms with Crippen molar-refractivity contribution in [2.45, 2.75) is 26.8 Å². The van der Waals surface area contributed by atoms with Gasteiger partial charge in [0.15, 0.2) is 0 Å². The summed E-state index contributed by atoms with van der Waals surface area (Å²) in [6, 6.07) is -0.917. The van der Waals surface area contributed by atoms with E-state index in [0.717, 1.165) is 10.7 Å². The first-order chi connectivity index (χ1) is 13.7. The van der Waals surface area contributed by atoms with Gasteiger partial charge < -0.3 is 9.64 Å². The number of hydrogen-bond donors (Lipinski definition) is 0. The molecule has 2 fully saturated rings. The zero-order valence-corrected chi connectivity index (χ0v) is 17.9. The molecule has 0 aromatic carbocycles. The molecule has 0 spiro atoms. The molecule has 3 aliphatic rings. The van der Waals surface area contributed by atoms with Gasteiger partial charge in [0.05, 0.1) is 13.2 Å². The Morgan fingerprint density at radius 2 is 1.83 bits per heavy atom. The van der Waals surface area contributed by atoms with Crippen LogP contribution in [0, 0.1) is 5.92 Å². The topological polar surface area (TPSA) is 88.8 Å². The standard InChI is InChI=1S/C19H31N6O4/c1-6-29-19(28)24-9-7-23(8-10-24)12-14-20-16-15(25(14)11-13(2)3)17(26)22(5)18(27)21(16)4/h13,15H,6-12H2,1-5H3/q+1. The van der Waals surface area contributed by atoms with Crippen molar-refractivity contribution in [3.05, 3.63) is 0 Å². The number of nitrogens with zero attached hydrogens (tertiary/aromatic N) is 6. The summed E-state index contributed by atoms with van der Waals surface area (Å²) in [5.41, 5.74) is 0. The molecule has 0 N–H and O–H groups in total. The fraction of sp³-hybridized carbons (Fsp3) is 0.737.